The second kappa shape index (κ2) is 2.05. The Balaban J connectivity index is 2.70. The maximum Gasteiger partial charge on any atom is 0.345 e. The summed E-state index contributed by atoms with van der Waals surface area (Å²) < 4.78 is 9.53. The number of hydrogen-bond acceptors (Lipinski definition) is 4. The van der Waals surface area contributed by atoms with E-state index in [9.17, 15) is 9.59 Å². The minimum atomic E-state index is -1.03. The summed E-state index contributed by atoms with van der Waals surface area (Å²) in [6, 6.07) is 0. The van der Waals surface area contributed by atoms with Gasteiger partial charge in [-0.05, 0) is 0 Å². The molecule has 1 saturated heterocycles. The van der Waals surface area contributed by atoms with Crippen molar-refractivity contribution in [3.63, 3.8) is 0 Å². The Morgan fingerprint density at radius 1 is 1.60 bits per heavy atom. The minimum absolute atomic E-state index is 0.428. The summed E-state index contributed by atoms with van der Waals surface area (Å²) in [5, 5.41) is 0. The first-order valence-corrected chi connectivity index (χ1v) is 2.91. The molecule has 4 nitrogen and oxygen atoms in total. The molecule has 0 amide bonds. The van der Waals surface area contributed by atoms with Gasteiger partial charge in [-0.15, -0.1) is 0 Å². The standard InChI is InChI=1S/C6H8O4/c1-6(2)9-4(3-7)5(8)10-6/h3-4H,1-2H3. The van der Waals surface area contributed by atoms with Crippen LogP contribution in [0.2, 0.25) is 0 Å². The van der Waals surface area contributed by atoms with Gasteiger partial charge in [-0.2, -0.15) is 0 Å². The van der Waals surface area contributed by atoms with Crippen LogP contribution in [-0.4, -0.2) is 24.1 Å². The van der Waals surface area contributed by atoms with Crippen LogP contribution in [0.5, 0.6) is 0 Å². The smallest absolute Gasteiger partial charge is 0.345 e. The zero-order chi connectivity index (χ0) is 7.78. The summed E-state index contributed by atoms with van der Waals surface area (Å²) in [5.74, 6) is -1.55. The van der Waals surface area contributed by atoms with Crippen LogP contribution < -0.4 is 0 Å². The van der Waals surface area contributed by atoms with Crippen molar-refractivity contribution in [2.24, 2.45) is 0 Å². The second-order valence-electron chi connectivity index (χ2n) is 2.50. The van der Waals surface area contributed by atoms with Crippen LogP contribution in [0.4, 0.5) is 0 Å². The highest BCUT2D eigenvalue weighted by atomic mass is 16.8. The lowest BCUT2D eigenvalue weighted by Crippen LogP contribution is -2.21. The molecule has 56 valence electrons. The summed E-state index contributed by atoms with van der Waals surface area (Å²) in [5.41, 5.74) is 0. The summed E-state index contributed by atoms with van der Waals surface area (Å²) in [7, 11) is 0. The molecule has 0 aromatic rings. The fourth-order valence-electron chi connectivity index (χ4n) is 0.762. The fourth-order valence-corrected chi connectivity index (χ4v) is 0.762. The third kappa shape index (κ3) is 1.16. The fraction of sp³-hybridized carbons (Fsp3) is 0.667. The van der Waals surface area contributed by atoms with Crippen molar-refractivity contribution in [3.8, 4) is 0 Å². The van der Waals surface area contributed by atoms with E-state index in [1.54, 1.807) is 13.8 Å². The third-order valence-corrected chi connectivity index (χ3v) is 1.11. The van der Waals surface area contributed by atoms with Crippen molar-refractivity contribution in [2.75, 3.05) is 0 Å². The number of hydrogen-bond donors (Lipinski definition) is 0. The predicted molar refractivity (Wildman–Crippen MR) is 31.1 cm³/mol. The highest BCUT2D eigenvalue weighted by Gasteiger charge is 2.40. The van der Waals surface area contributed by atoms with Gasteiger partial charge in [-0.3, -0.25) is 4.79 Å². The molecule has 0 aromatic carbocycles. The van der Waals surface area contributed by atoms with Gasteiger partial charge in [0.2, 0.25) is 11.9 Å². The first kappa shape index (κ1) is 7.21. The number of ether oxygens (including phenoxy) is 2. The van der Waals surface area contributed by atoms with Crippen molar-refractivity contribution < 1.29 is 19.1 Å². The predicted octanol–water partition coefficient (Wildman–Crippen LogP) is -0.137. The summed E-state index contributed by atoms with van der Waals surface area (Å²) >= 11 is 0. The number of cyclic esters (lactones) is 1. The monoisotopic (exact) mass is 144 g/mol. The Hall–Kier alpha value is -0.900. The maximum absolute atomic E-state index is 10.6. The van der Waals surface area contributed by atoms with Crippen molar-refractivity contribution in [2.45, 2.75) is 25.7 Å². The van der Waals surface area contributed by atoms with Crippen molar-refractivity contribution >= 4 is 12.3 Å². The minimum Gasteiger partial charge on any atom is -0.431 e. The van der Waals surface area contributed by atoms with Crippen LogP contribution in [0.3, 0.4) is 0 Å². The lowest BCUT2D eigenvalue weighted by atomic mass is 10.4. The van der Waals surface area contributed by atoms with Gasteiger partial charge in [0, 0.05) is 13.8 Å². The SMILES string of the molecule is CC1(C)OC(=O)C(C=O)O1. The molecule has 10 heavy (non-hydrogen) atoms. The van der Waals surface area contributed by atoms with Crippen LogP contribution in [0.25, 0.3) is 0 Å². The summed E-state index contributed by atoms with van der Waals surface area (Å²) in [6.45, 7) is 3.16. The largest absolute Gasteiger partial charge is 0.431 e. The normalized spacial score (nSPS) is 29.8. The molecule has 0 radical (unpaired) electrons. The molecule has 0 spiro atoms. The Morgan fingerprint density at radius 2 is 2.20 bits per heavy atom. The quantitative estimate of drug-likeness (QED) is 0.292. The van der Waals surface area contributed by atoms with E-state index in [2.05, 4.69) is 4.74 Å². The van der Waals surface area contributed by atoms with Gasteiger partial charge in [0.25, 0.3) is 0 Å². The molecular formula is C6H8O4. The lowest BCUT2D eigenvalue weighted by Gasteiger charge is -2.13. The van der Waals surface area contributed by atoms with Crippen LogP contribution in [0.15, 0.2) is 0 Å². The highest BCUT2D eigenvalue weighted by molar-refractivity contribution is 5.92. The van der Waals surface area contributed by atoms with Crippen LogP contribution in [0, 0.1) is 0 Å². The molecule has 1 unspecified atom stereocenters. The van der Waals surface area contributed by atoms with E-state index in [1.807, 2.05) is 0 Å². The van der Waals surface area contributed by atoms with Crippen molar-refractivity contribution in [3.05, 3.63) is 0 Å². The Bertz CT molecular complexity index is 173. The van der Waals surface area contributed by atoms with E-state index in [4.69, 9.17) is 4.74 Å². The number of aldehydes is 1. The average molecular weight is 144 g/mol. The van der Waals surface area contributed by atoms with E-state index in [0.717, 1.165) is 0 Å². The molecule has 0 bridgehead atoms. The molecule has 4 heteroatoms. The Morgan fingerprint density at radius 3 is 2.40 bits per heavy atom. The molecule has 1 aliphatic rings. The highest BCUT2D eigenvalue weighted by Crippen LogP contribution is 2.21. The third-order valence-electron chi connectivity index (χ3n) is 1.11. The van der Waals surface area contributed by atoms with Gasteiger partial charge in [0.1, 0.15) is 0 Å². The van der Waals surface area contributed by atoms with E-state index in [0.29, 0.717) is 6.29 Å². The van der Waals surface area contributed by atoms with E-state index < -0.39 is 17.9 Å². The van der Waals surface area contributed by atoms with Gasteiger partial charge in [-0.1, -0.05) is 0 Å². The molecule has 0 aromatic heterocycles. The first-order chi connectivity index (χ1) is 4.55. The van der Waals surface area contributed by atoms with E-state index >= 15 is 0 Å². The topological polar surface area (TPSA) is 52.6 Å². The molecule has 0 N–H and O–H groups in total. The van der Waals surface area contributed by atoms with Crippen molar-refractivity contribution in [1.82, 2.24) is 0 Å². The number of rotatable bonds is 1. The van der Waals surface area contributed by atoms with Crippen molar-refractivity contribution in [1.29, 1.82) is 0 Å². The first-order valence-electron chi connectivity index (χ1n) is 2.91. The molecule has 1 fully saturated rings. The van der Waals surface area contributed by atoms with Gasteiger partial charge >= 0.3 is 5.97 Å². The Kier molecular flexibility index (Phi) is 1.48. The Labute approximate surface area is 58.1 Å². The van der Waals surface area contributed by atoms with E-state index in [1.165, 1.54) is 0 Å². The molecule has 0 saturated carbocycles. The van der Waals surface area contributed by atoms with Crippen LogP contribution >= 0.6 is 0 Å². The number of esters is 1. The van der Waals surface area contributed by atoms with Gasteiger partial charge in [0.05, 0.1) is 0 Å². The van der Waals surface area contributed by atoms with Gasteiger partial charge in [-0.25, -0.2) is 4.79 Å². The molecule has 1 rings (SSSR count). The number of carbonyl (C=O) groups is 2. The maximum atomic E-state index is 10.6. The second-order valence-corrected chi connectivity index (χ2v) is 2.50. The van der Waals surface area contributed by atoms with Gasteiger partial charge < -0.3 is 9.47 Å². The summed E-state index contributed by atoms with van der Waals surface area (Å²) in [6.07, 6.45) is -0.605. The van der Waals surface area contributed by atoms with E-state index in [-0.39, 0.29) is 0 Å². The number of carbonyl (C=O) groups excluding carboxylic acids is 2. The van der Waals surface area contributed by atoms with Crippen LogP contribution in [-0.2, 0) is 19.1 Å². The lowest BCUT2D eigenvalue weighted by molar-refractivity contribution is -0.161. The molecule has 1 aliphatic heterocycles. The van der Waals surface area contributed by atoms with Crippen LogP contribution in [0.1, 0.15) is 13.8 Å². The molecule has 0 aliphatic carbocycles. The molecule has 1 heterocycles. The zero-order valence-electron chi connectivity index (χ0n) is 5.79. The summed E-state index contributed by atoms with van der Waals surface area (Å²) in [4.78, 5) is 20.7. The molecular weight excluding hydrogens is 136 g/mol. The average Bonchev–Trinajstić information content (AvgIpc) is 2.05. The molecule has 1 atom stereocenters. The van der Waals surface area contributed by atoms with Gasteiger partial charge in [0.15, 0.2) is 6.29 Å². The zero-order valence-corrected chi connectivity index (χ0v) is 5.79.